The summed E-state index contributed by atoms with van der Waals surface area (Å²) in [5, 5.41) is 0. The minimum Gasteiger partial charge on any atom is -0.330 e. The minimum absolute atomic E-state index is 0.358. The Balaban J connectivity index is 3.10. The first-order chi connectivity index (χ1) is 5.81. The van der Waals surface area contributed by atoms with Crippen molar-refractivity contribution in [1.29, 1.82) is 0 Å². The molecule has 0 aromatic rings. The van der Waals surface area contributed by atoms with Crippen LogP contribution in [-0.2, 0) is 4.79 Å². The molecule has 0 aromatic heterocycles. The Hall–Kier alpha value is -0.410. The van der Waals surface area contributed by atoms with Crippen LogP contribution in [0.25, 0.3) is 0 Å². The van der Waals surface area contributed by atoms with Crippen molar-refractivity contribution >= 4 is 5.78 Å². The van der Waals surface area contributed by atoms with Crippen molar-refractivity contribution in [1.82, 2.24) is 0 Å². The molecule has 72 valence electrons. The number of ketones is 1. The van der Waals surface area contributed by atoms with Gasteiger partial charge in [-0.15, -0.1) is 0 Å². The van der Waals surface area contributed by atoms with Crippen molar-refractivity contribution < 1.29 is 4.79 Å². The molecule has 3 nitrogen and oxygen atoms in total. The van der Waals surface area contributed by atoms with Crippen LogP contribution in [0.4, 0.5) is 0 Å². The number of nitrogens with two attached hydrogens (primary N) is 2. The average molecular weight is 172 g/mol. The summed E-state index contributed by atoms with van der Waals surface area (Å²) in [5.74, 6) is 0.358. The van der Waals surface area contributed by atoms with Crippen molar-refractivity contribution in [2.45, 2.75) is 38.5 Å². The van der Waals surface area contributed by atoms with Crippen LogP contribution in [0.3, 0.4) is 0 Å². The molecule has 0 aliphatic rings. The summed E-state index contributed by atoms with van der Waals surface area (Å²) < 4.78 is 0. The van der Waals surface area contributed by atoms with E-state index >= 15 is 0 Å². The van der Waals surface area contributed by atoms with Gasteiger partial charge in [0.25, 0.3) is 0 Å². The van der Waals surface area contributed by atoms with Gasteiger partial charge >= 0.3 is 0 Å². The fraction of sp³-hybridized carbons (Fsp3) is 0.889. The molecule has 4 N–H and O–H groups in total. The maximum Gasteiger partial charge on any atom is 0.132 e. The van der Waals surface area contributed by atoms with E-state index in [4.69, 9.17) is 11.5 Å². The lowest BCUT2D eigenvalue weighted by molar-refractivity contribution is -0.119. The molecule has 3 heteroatoms. The summed E-state index contributed by atoms with van der Waals surface area (Å²) in [6.45, 7) is 1.38. The van der Waals surface area contributed by atoms with Crippen LogP contribution in [0.2, 0.25) is 0 Å². The highest BCUT2D eigenvalue weighted by Crippen LogP contribution is 2.02. The number of hydrogen-bond acceptors (Lipinski definition) is 3. The van der Waals surface area contributed by atoms with Crippen LogP contribution < -0.4 is 11.5 Å². The predicted octanol–water partition coefficient (Wildman–Crippen LogP) is 0.813. The standard InChI is InChI=1S/C9H20N2O/c10-7-3-1-5-9(12)6-2-4-8-11/h1-8,10-11H2. The molecule has 0 spiro atoms. The molecule has 0 bridgehead atoms. The van der Waals surface area contributed by atoms with Crippen molar-refractivity contribution in [3.8, 4) is 0 Å². The third-order valence-corrected chi connectivity index (χ3v) is 1.82. The Labute approximate surface area is 74.5 Å². The van der Waals surface area contributed by atoms with Crippen LogP contribution in [0.1, 0.15) is 38.5 Å². The molecule has 0 saturated carbocycles. The number of carbonyl (C=O) groups excluding carboxylic acids is 1. The number of Topliss-reactive ketones (excluding diaryl/α,β-unsaturated/α-hetero) is 1. The Kier molecular flexibility index (Phi) is 8.39. The van der Waals surface area contributed by atoms with E-state index in [1.54, 1.807) is 0 Å². The van der Waals surface area contributed by atoms with E-state index in [1.807, 2.05) is 0 Å². The third-order valence-electron chi connectivity index (χ3n) is 1.82. The zero-order valence-corrected chi connectivity index (χ0v) is 7.72. The number of rotatable bonds is 8. The summed E-state index contributed by atoms with van der Waals surface area (Å²) in [5.41, 5.74) is 10.6. The first kappa shape index (κ1) is 11.6. The summed E-state index contributed by atoms with van der Waals surface area (Å²) in [4.78, 5) is 11.1. The first-order valence-corrected chi connectivity index (χ1v) is 4.73. The van der Waals surface area contributed by atoms with Crippen LogP contribution in [-0.4, -0.2) is 18.9 Å². The molecule has 0 fully saturated rings. The Morgan fingerprint density at radius 2 is 1.25 bits per heavy atom. The average Bonchev–Trinajstić information content (AvgIpc) is 2.06. The predicted molar refractivity (Wildman–Crippen MR) is 50.8 cm³/mol. The van der Waals surface area contributed by atoms with Gasteiger partial charge in [-0.1, -0.05) is 0 Å². The van der Waals surface area contributed by atoms with E-state index in [0.717, 1.165) is 25.7 Å². The van der Waals surface area contributed by atoms with Gasteiger partial charge in [0, 0.05) is 12.8 Å². The summed E-state index contributed by atoms with van der Waals surface area (Å²) in [7, 11) is 0. The number of carbonyl (C=O) groups is 1. The van der Waals surface area contributed by atoms with Gasteiger partial charge in [-0.3, -0.25) is 4.79 Å². The summed E-state index contributed by atoms with van der Waals surface area (Å²) in [6.07, 6.45) is 5.20. The van der Waals surface area contributed by atoms with Gasteiger partial charge in [0.2, 0.25) is 0 Å². The molecule has 0 aromatic carbocycles. The molecular formula is C9H20N2O. The molecule has 0 aliphatic carbocycles. The highest BCUT2D eigenvalue weighted by Gasteiger charge is 1.99. The Morgan fingerprint density at radius 1 is 0.833 bits per heavy atom. The largest absolute Gasteiger partial charge is 0.330 e. The summed E-state index contributed by atoms with van der Waals surface area (Å²) in [6, 6.07) is 0. The molecule has 0 unspecified atom stereocenters. The fourth-order valence-electron chi connectivity index (χ4n) is 1.06. The second kappa shape index (κ2) is 8.68. The molecular weight excluding hydrogens is 152 g/mol. The van der Waals surface area contributed by atoms with E-state index in [0.29, 0.717) is 31.7 Å². The maximum absolute atomic E-state index is 11.1. The van der Waals surface area contributed by atoms with Crippen molar-refractivity contribution in [2.24, 2.45) is 11.5 Å². The normalized spacial score (nSPS) is 10.2. The molecule has 0 heterocycles. The molecule has 0 saturated heterocycles. The van der Waals surface area contributed by atoms with E-state index in [1.165, 1.54) is 0 Å². The summed E-state index contributed by atoms with van der Waals surface area (Å²) >= 11 is 0. The minimum atomic E-state index is 0.358. The van der Waals surface area contributed by atoms with Crippen LogP contribution in [0.5, 0.6) is 0 Å². The number of hydrogen-bond donors (Lipinski definition) is 2. The van der Waals surface area contributed by atoms with Gasteiger partial charge < -0.3 is 11.5 Å². The van der Waals surface area contributed by atoms with Gasteiger partial charge in [-0.2, -0.15) is 0 Å². The zero-order valence-electron chi connectivity index (χ0n) is 7.72. The van der Waals surface area contributed by atoms with Gasteiger partial charge in [-0.25, -0.2) is 0 Å². The van der Waals surface area contributed by atoms with Crippen LogP contribution in [0.15, 0.2) is 0 Å². The van der Waals surface area contributed by atoms with Crippen molar-refractivity contribution in [2.75, 3.05) is 13.1 Å². The lowest BCUT2D eigenvalue weighted by atomic mass is 10.1. The first-order valence-electron chi connectivity index (χ1n) is 4.73. The maximum atomic E-state index is 11.1. The van der Waals surface area contributed by atoms with Gasteiger partial charge in [0.05, 0.1) is 0 Å². The molecule has 12 heavy (non-hydrogen) atoms. The van der Waals surface area contributed by atoms with Crippen molar-refractivity contribution in [3.05, 3.63) is 0 Å². The van der Waals surface area contributed by atoms with Gasteiger partial charge in [0.15, 0.2) is 0 Å². The van der Waals surface area contributed by atoms with E-state index < -0.39 is 0 Å². The van der Waals surface area contributed by atoms with E-state index in [-0.39, 0.29) is 0 Å². The monoisotopic (exact) mass is 172 g/mol. The molecule has 0 aliphatic heterocycles. The molecule has 0 atom stereocenters. The van der Waals surface area contributed by atoms with Crippen LogP contribution in [0, 0.1) is 0 Å². The fourth-order valence-corrected chi connectivity index (χ4v) is 1.06. The molecule has 0 amide bonds. The second-order valence-corrected chi connectivity index (χ2v) is 3.03. The van der Waals surface area contributed by atoms with E-state index in [9.17, 15) is 4.79 Å². The smallest absolute Gasteiger partial charge is 0.132 e. The Morgan fingerprint density at radius 3 is 1.58 bits per heavy atom. The van der Waals surface area contributed by atoms with Crippen molar-refractivity contribution in [3.63, 3.8) is 0 Å². The third kappa shape index (κ3) is 7.69. The number of unbranched alkanes of at least 4 members (excludes halogenated alkanes) is 2. The molecule has 0 rings (SSSR count). The Bertz CT molecular complexity index is 103. The molecule has 0 radical (unpaired) electrons. The zero-order chi connectivity index (χ0) is 9.23. The lowest BCUT2D eigenvalue weighted by Crippen LogP contribution is -2.04. The second-order valence-electron chi connectivity index (χ2n) is 3.03. The van der Waals surface area contributed by atoms with Crippen LogP contribution >= 0.6 is 0 Å². The lowest BCUT2D eigenvalue weighted by Gasteiger charge is -1.98. The van der Waals surface area contributed by atoms with Gasteiger partial charge in [-0.05, 0) is 38.8 Å². The van der Waals surface area contributed by atoms with E-state index in [2.05, 4.69) is 0 Å². The highest BCUT2D eigenvalue weighted by atomic mass is 16.1. The topological polar surface area (TPSA) is 69.1 Å². The highest BCUT2D eigenvalue weighted by molar-refractivity contribution is 5.78. The quantitative estimate of drug-likeness (QED) is 0.532. The SMILES string of the molecule is NCCCCC(=O)CCCCN. The van der Waals surface area contributed by atoms with Gasteiger partial charge in [0.1, 0.15) is 5.78 Å².